The summed E-state index contributed by atoms with van der Waals surface area (Å²) in [6.45, 7) is 2.10. The van der Waals surface area contributed by atoms with Crippen LogP contribution in [0.15, 0.2) is 72.8 Å². The summed E-state index contributed by atoms with van der Waals surface area (Å²) in [6, 6.07) is 21.2. The zero-order chi connectivity index (χ0) is 24.1. The molecule has 174 valence electrons. The SMILES string of the molecule is CC(NC(=O)c1cccc(COc2ccccc2C(N)=O)c1)c1ccc(NC(=O)C2CC2)cc1. The van der Waals surface area contributed by atoms with Gasteiger partial charge in [-0.2, -0.15) is 0 Å². The van der Waals surface area contributed by atoms with Gasteiger partial charge in [0.1, 0.15) is 12.4 Å². The lowest BCUT2D eigenvalue weighted by molar-refractivity contribution is -0.117. The van der Waals surface area contributed by atoms with Crippen molar-refractivity contribution >= 4 is 23.4 Å². The Labute approximate surface area is 198 Å². The van der Waals surface area contributed by atoms with Crippen LogP contribution < -0.4 is 21.1 Å². The van der Waals surface area contributed by atoms with Crippen molar-refractivity contribution in [1.82, 2.24) is 5.32 Å². The minimum Gasteiger partial charge on any atom is -0.488 e. The molecule has 3 amide bonds. The van der Waals surface area contributed by atoms with Gasteiger partial charge in [-0.3, -0.25) is 14.4 Å². The van der Waals surface area contributed by atoms with E-state index in [1.807, 2.05) is 37.3 Å². The molecule has 1 aliphatic carbocycles. The highest BCUT2D eigenvalue weighted by Gasteiger charge is 2.29. The summed E-state index contributed by atoms with van der Waals surface area (Å²) in [5, 5.41) is 5.91. The van der Waals surface area contributed by atoms with Crippen molar-refractivity contribution in [1.29, 1.82) is 0 Å². The monoisotopic (exact) mass is 457 g/mol. The number of hydrogen-bond acceptors (Lipinski definition) is 4. The number of carbonyl (C=O) groups is 3. The molecule has 34 heavy (non-hydrogen) atoms. The lowest BCUT2D eigenvalue weighted by Gasteiger charge is -2.16. The Morgan fingerprint density at radius 1 is 1.00 bits per heavy atom. The number of para-hydroxylation sites is 1. The number of nitrogens with one attached hydrogen (secondary N) is 2. The van der Waals surface area contributed by atoms with E-state index >= 15 is 0 Å². The number of rotatable bonds is 9. The lowest BCUT2D eigenvalue weighted by atomic mass is 10.1. The number of nitrogens with two attached hydrogens (primary N) is 1. The summed E-state index contributed by atoms with van der Waals surface area (Å²) >= 11 is 0. The van der Waals surface area contributed by atoms with Gasteiger partial charge in [-0.15, -0.1) is 0 Å². The molecule has 7 heteroatoms. The zero-order valence-electron chi connectivity index (χ0n) is 18.9. The second-order valence-electron chi connectivity index (χ2n) is 8.43. The van der Waals surface area contributed by atoms with E-state index in [0.717, 1.165) is 29.7 Å². The quantitative estimate of drug-likeness (QED) is 0.447. The number of hydrogen-bond donors (Lipinski definition) is 3. The first kappa shape index (κ1) is 23.0. The van der Waals surface area contributed by atoms with Crippen LogP contribution in [0.3, 0.4) is 0 Å². The average molecular weight is 458 g/mol. The van der Waals surface area contributed by atoms with Gasteiger partial charge in [-0.05, 0) is 67.3 Å². The molecule has 1 fully saturated rings. The minimum atomic E-state index is -0.559. The average Bonchev–Trinajstić information content (AvgIpc) is 3.69. The van der Waals surface area contributed by atoms with E-state index in [1.165, 1.54) is 0 Å². The van der Waals surface area contributed by atoms with Gasteiger partial charge in [0.05, 0.1) is 11.6 Å². The van der Waals surface area contributed by atoms with Crippen LogP contribution in [-0.2, 0) is 11.4 Å². The lowest BCUT2D eigenvalue weighted by Crippen LogP contribution is -2.26. The summed E-state index contributed by atoms with van der Waals surface area (Å²) in [7, 11) is 0. The Morgan fingerprint density at radius 3 is 2.44 bits per heavy atom. The van der Waals surface area contributed by atoms with E-state index in [0.29, 0.717) is 16.9 Å². The Bertz CT molecular complexity index is 1200. The summed E-state index contributed by atoms with van der Waals surface area (Å²) in [5.74, 6) is -0.155. The minimum absolute atomic E-state index is 0.0658. The third kappa shape index (κ3) is 5.81. The maximum Gasteiger partial charge on any atom is 0.252 e. The number of anilines is 1. The Morgan fingerprint density at radius 2 is 1.74 bits per heavy atom. The normalized spacial score (nSPS) is 13.6. The fourth-order valence-electron chi connectivity index (χ4n) is 3.57. The van der Waals surface area contributed by atoms with Gasteiger partial charge in [-0.25, -0.2) is 0 Å². The van der Waals surface area contributed by atoms with E-state index in [9.17, 15) is 14.4 Å². The molecule has 1 unspecified atom stereocenters. The molecule has 3 aromatic rings. The maximum absolute atomic E-state index is 12.8. The molecule has 1 saturated carbocycles. The van der Waals surface area contributed by atoms with Crippen molar-refractivity contribution in [2.75, 3.05) is 5.32 Å². The molecule has 0 saturated heterocycles. The Balaban J connectivity index is 1.35. The highest BCUT2D eigenvalue weighted by molar-refractivity contribution is 5.96. The van der Waals surface area contributed by atoms with Gasteiger partial charge in [-0.1, -0.05) is 36.4 Å². The van der Waals surface area contributed by atoms with Crippen LogP contribution in [0, 0.1) is 5.92 Å². The van der Waals surface area contributed by atoms with Gasteiger partial charge >= 0.3 is 0 Å². The fourth-order valence-corrected chi connectivity index (χ4v) is 3.57. The molecule has 4 N–H and O–H groups in total. The van der Waals surface area contributed by atoms with E-state index in [2.05, 4.69) is 10.6 Å². The number of benzene rings is 3. The molecule has 0 aromatic heterocycles. The largest absolute Gasteiger partial charge is 0.488 e. The second-order valence-corrected chi connectivity index (χ2v) is 8.43. The molecule has 0 aliphatic heterocycles. The summed E-state index contributed by atoms with van der Waals surface area (Å²) in [6.07, 6.45) is 1.92. The van der Waals surface area contributed by atoms with Gasteiger partial charge in [0.25, 0.3) is 11.8 Å². The summed E-state index contributed by atoms with van der Waals surface area (Å²) in [5.41, 5.74) is 8.68. The molecule has 0 bridgehead atoms. The molecule has 4 rings (SSSR count). The maximum atomic E-state index is 12.8. The number of ether oxygens (including phenoxy) is 1. The van der Waals surface area contributed by atoms with Gasteiger partial charge in [0, 0.05) is 17.2 Å². The summed E-state index contributed by atoms with van der Waals surface area (Å²) in [4.78, 5) is 36.3. The topological polar surface area (TPSA) is 111 Å². The highest BCUT2D eigenvalue weighted by atomic mass is 16.5. The van der Waals surface area contributed by atoms with Crippen molar-refractivity contribution in [2.45, 2.75) is 32.4 Å². The number of amides is 3. The third-order valence-electron chi connectivity index (χ3n) is 5.71. The van der Waals surface area contributed by atoms with Crippen LogP contribution in [-0.4, -0.2) is 17.7 Å². The van der Waals surface area contributed by atoms with E-state index in [-0.39, 0.29) is 30.4 Å². The number of primary amides is 1. The molecular weight excluding hydrogens is 430 g/mol. The first-order valence-corrected chi connectivity index (χ1v) is 11.2. The zero-order valence-corrected chi connectivity index (χ0v) is 18.9. The Kier molecular flexibility index (Phi) is 6.92. The molecule has 0 radical (unpaired) electrons. The highest BCUT2D eigenvalue weighted by Crippen LogP contribution is 2.30. The third-order valence-corrected chi connectivity index (χ3v) is 5.71. The molecule has 1 aliphatic rings. The molecule has 7 nitrogen and oxygen atoms in total. The van der Waals surface area contributed by atoms with Crippen LogP contribution in [0.2, 0.25) is 0 Å². The molecular formula is C27H27N3O4. The van der Waals surface area contributed by atoms with Crippen LogP contribution in [0.5, 0.6) is 5.75 Å². The number of carbonyl (C=O) groups excluding carboxylic acids is 3. The molecule has 0 heterocycles. The molecule has 1 atom stereocenters. The van der Waals surface area contributed by atoms with E-state index < -0.39 is 5.91 Å². The second kappa shape index (κ2) is 10.2. The first-order chi connectivity index (χ1) is 16.4. The van der Waals surface area contributed by atoms with Gasteiger partial charge in [0.2, 0.25) is 5.91 Å². The van der Waals surface area contributed by atoms with Crippen LogP contribution in [0.4, 0.5) is 5.69 Å². The van der Waals surface area contributed by atoms with Gasteiger partial charge < -0.3 is 21.1 Å². The van der Waals surface area contributed by atoms with Crippen molar-refractivity contribution in [3.63, 3.8) is 0 Å². The predicted octanol–water partition coefficient (Wildman–Crippen LogP) is 4.20. The van der Waals surface area contributed by atoms with Crippen LogP contribution in [0.25, 0.3) is 0 Å². The Hall–Kier alpha value is -4.13. The van der Waals surface area contributed by atoms with Crippen molar-refractivity contribution in [2.24, 2.45) is 11.7 Å². The van der Waals surface area contributed by atoms with Crippen molar-refractivity contribution in [3.8, 4) is 5.75 Å². The van der Waals surface area contributed by atoms with Crippen molar-refractivity contribution in [3.05, 3.63) is 95.1 Å². The fraction of sp³-hybridized carbons (Fsp3) is 0.222. The standard InChI is InChI=1S/C27H27N3O4/c1-17(19-11-13-22(14-12-19)30-26(32)20-9-10-20)29-27(33)21-6-4-5-18(15-21)16-34-24-8-3-2-7-23(24)25(28)31/h2-8,11-15,17,20H,9-10,16H2,1H3,(H2,28,31)(H,29,33)(H,30,32). The first-order valence-electron chi connectivity index (χ1n) is 11.2. The van der Waals surface area contributed by atoms with Gasteiger partial charge in [0.15, 0.2) is 0 Å². The smallest absolute Gasteiger partial charge is 0.252 e. The van der Waals surface area contributed by atoms with E-state index in [4.69, 9.17) is 10.5 Å². The summed E-state index contributed by atoms with van der Waals surface area (Å²) < 4.78 is 5.76. The van der Waals surface area contributed by atoms with Crippen LogP contribution >= 0.6 is 0 Å². The van der Waals surface area contributed by atoms with E-state index in [1.54, 1.807) is 42.5 Å². The van der Waals surface area contributed by atoms with Crippen LogP contribution in [0.1, 0.15) is 57.7 Å². The van der Waals surface area contributed by atoms with Crippen molar-refractivity contribution < 1.29 is 19.1 Å². The molecule has 0 spiro atoms. The predicted molar refractivity (Wildman–Crippen MR) is 129 cm³/mol. The molecule has 3 aromatic carbocycles.